The van der Waals surface area contributed by atoms with Crippen LogP contribution in [-0.2, 0) is 13.0 Å². The van der Waals surface area contributed by atoms with E-state index in [2.05, 4.69) is 54.7 Å². The van der Waals surface area contributed by atoms with Gasteiger partial charge in [-0.3, -0.25) is 0 Å². The van der Waals surface area contributed by atoms with E-state index >= 15 is 0 Å². The largest absolute Gasteiger partial charge is 0.312 e. The van der Waals surface area contributed by atoms with E-state index in [0.29, 0.717) is 0 Å². The Labute approximate surface area is 103 Å². The van der Waals surface area contributed by atoms with Gasteiger partial charge in [-0.25, -0.2) is 0 Å². The molecule has 0 aliphatic heterocycles. The number of hydrogen-bond donors (Lipinski definition) is 1. The lowest BCUT2D eigenvalue weighted by Gasteiger charge is -2.05. The van der Waals surface area contributed by atoms with Crippen LogP contribution in [0, 0.1) is 6.92 Å². The standard InChI is InChI=1S/C16H18N/c1-14-7-9-16(10-8-14)13-17-12-11-15-5-3-2-4-6-15/h2-10,17H,1,11-13H2. The summed E-state index contributed by atoms with van der Waals surface area (Å²) in [6.45, 7) is 5.81. The Bertz CT molecular complexity index is 431. The molecule has 1 radical (unpaired) electrons. The number of rotatable bonds is 5. The van der Waals surface area contributed by atoms with Crippen molar-refractivity contribution in [1.82, 2.24) is 5.32 Å². The maximum atomic E-state index is 3.88. The van der Waals surface area contributed by atoms with E-state index in [-0.39, 0.29) is 0 Å². The van der Waals surface area contributed by atoms with Gasteiger partial charge in [-0.15, -0.1) is 0 Å². The zero-order chi connectivity index (χ0) is 11.9. The summed E-state index contributed by atoms with van der Waals surface area (Å²) in [5.74, 6) is 0. The highest BCUT2D eigenvalue weighted by Gasteiger charge is 1.93. The van der Waals surface area contributed by atoms with Crippen LogP contribution >= 0.6 is 0 Å². The van der Waals surface area contributed by atoms with Crippen molar-refractivity contribution in [2.24, 2.45) is 0 Å². The molecular formula is C16H18N. The molecule has 0 unspecified atom stereocenters. The highest BCUT2D eigenvalue weighted by Crippen LogP contribution is 2.03. The maximum Gasteiger partial charge on any atom is 0.0205 e. The quantitative estimate of drug-likeness (QED) is 0.769. The smallest absolute Gasteiger partial charge is 0.0205 e. The summed E-state index contributed by atoms with van der Waals surface area (Å²) in [6, 6.07) is 18.9. The van der Waals surface area contributed by atoms with Gasteiger partial charge >= 0.3 is 0 Å². The molecule has 2 aromatic carbocycles. The van der Waals surface area contributed by atoms with Crippen molar-refractivity contribution >= 4 is 0 Å². The Morgan fingerprint density at radius 3 is 2.24 bits per heavy atom. The van der Waals surface area contributed by atoms with Gasteiger partial charge in [0.2, 0.25) is 0 Å². The molecule has 0 aromatic heterocycles. The molecule has 0 aliphatic rings. The third-order valence-corrected chi connectivity index (χ3v) is 2.79. The van der Waals surface area contributed by atoms with Crippen LogP contribution in [0.15, 0.2) is 54.6 Å². The Morgan fingerprint density at radius 2 is 1.53 bits per heavy atom. The molecule has 2 rings (SSSR count). The summed E-state index contributed by atoms with van der Waals surface area (Å²) in [4.78, 5) is 0. The van der Waals surface area contributed by atoms with Gasteiger partial charge in [0.15, 0.2) is 0 Å². The van der Waals surface area contributed by atoms with Crippen LogP contribution in [0.25, 0.3) is 0 Å². The summed E-state index contributed by atoms with van der Waals surface area (Å²) in [6.07, 6.45) is 1.08. The summed E-state index contributed by atoms with van der Waals surface area (Å²) >= 11 is 0. The molecular weight excluding hydrogens is 206 g/mol. The molecule has 0 aliphatic carbocycles. The van der Waals surface area contributed by atoms with E-state index in [0.717, 1.165) is 25.1 Å². The van der Waals surface area contributed by atoms with Crippen molar-refractivity contribution in [3.63, 3.8) is 0 Å². The average molecular weight is 224 g/mol. The minimum Gasteiger partial charge on any atom is -0.312 e. The van der Waals surface area contributed by atoms with Crippen molar-refractivity contribution in [1.29, 1.82) is 0 Å². The van der Waals surface area contributed by atoms with Gasteiger partial charge in [-0.1, -0.05) is 54.6 Å². The van der Waals surface area contributed by atoms with Gasteiger partial charge in [-0.2, -0.15) is 0 Å². The monoisotopic (exact) mass is 224 g/mol. The highest BCUT2D eigenvalue weighted by molar-refractivity contribution is 5.24. The van der Waals surface area contributed by atoms with Crippen molar-refractivity contribution in [2.45, 2.75) is 13.0 Å². The van der Waals surface area contributed by atoms with Gasteiger partial charge in [0.25, 0.3) is 0 Å². The molecule has 0 fully saturated rings. The van der Waals surface area contributed by atoms with Crippen LogP contribution in [0.1, 0.15) is 16.7 Å². The van der Waals surface area contributed by atoms with Gasteiger partial charge in [-0.05, 0) is 36.6 Å². The summed E-state index contributed by atoms with van der Waals surface area (Å²) < 4.78 is 0. The lowest BCUT2D eigenvalue weighted by Crippen LogP contribution is -2.16. The van der Waals surface area contributed by atoms with Crippen LogP contribution in [-0.4, -0.2) is 6.54 Å². The lowest BCUT2D eigenvalue weighted by atomic mass is 10.1. The molecule has 1 nitrogen and oxygen atoms in total. The molecule has 2 aromatic rings. The van der Waals surface area contributed by atoms with E-state index in [4.69, 9.17) is 0 Å². The predicted molar refractivity (Wildman–Crippen MR) is 72.8 cm³/mol. The van der Waals surface area contributed by atoms with E-state index in [1.54, 1.807) is 0 Å². The Hall–Kier alpha value is -1.60. The van der Waals surface area contributed by atoms with Crippen molar-refractivity contribution in [2.75, 3.05) is 6.54 Å². The molecule has 1 heteroatoms. The van der Waals surface area contributed by atoms with E-state index in [1.165, 1.54) is 11.1 Å². The van der Waals surface area contributed by atoms with Crippen molar-refractivity contribution in [3.05, 3.63) is 78.2 Å². The second-order valence-corrected chi connectivity index (χ2v) is 4.23. The molecule has 0 atom stereocenters. The second-order valence-electron chi connectivity index (χ2n) is 4.23. The fourth-order valence-corrected chi connectivity index (χ4v) is 1.77. The van der Waals surface area contributed by atoms with E-state index in [9.17, 15) is 0 Å². The normalized spacial score (nSPS) is 10.4. The third kappa shape index (κ3) is 4.04. The summed E-state index contributed by atoms with van der Waals surface area (Å²) in [5, 5.41) is 3.45. The average Bonchev–Trinajstić information content (AvgIpc) is 2.38. The van der Waals surface area contributed by atoms with Gasteiger partial charge in [0.1, 0.15) is 0 Å². The Kier molecular flexibility index (Phi) is 4.34. The molecule has 0 saturated heterocycles. The first-order chi connectivity index (χ1) is 8.34. The SMILES string of the molecule is [CH2]c1ccc(CNCCc2ccccc2)cc1. The van der Waals surface area contributed by atoms with Crippen LogP contribution in [0.3, 0.4) is 0 Å². The first kappa shape index (κ1) is 11.9. The molecule has 1 N–H and O–H groups in total. The van der Waals surface area contributed by atoms with Gasteiger partial charge in [0.05, 0.1) is 0 Å². The fraction of sp³-hybridized carbons (Fsp3) is 0.188. The fourth-order valence-electron chi connectivity index (χ4n) is 1.77. The summed E-state index contributed by atoms with van der Waals surface area (Å²) in [7, 11) is 0. The molecule has 0 spiro atoms. The minimum atomic E-state index is 0.924. The van der Waals surface area contributed by atoms with Gasteiger partial charge < -0.3 is 5.32 Å². The van der Waals surface area contributed by atoms with Crippen LogP contribution < -0.4 is 5.32 Å². The first-order valence-electron chi connectivity index (χ1n) is 6.00. The molecule has 0 saturated carbocycles. The van der Waals surface area contributed by atoms with E-state index in [1.807, 2.05) is 12.1 Å². The second kappa shape index (κ2) is 6.21. The Morgan fingerprint density at radius 1 is 0.824 bits per heavy atom. The number of benzene rings is 2. The molecule has 17 heavy (non-hydrogen) atoms. The number of hydrogen-bond acceptors (Lipinski definition) is 1. The number of nitrogens with one attached hydrogen (secondary N) is 1. The minimum absolute atomic E-state index is 0.924. The first-order valence-corrected chi connectivity index (χ1v) is 6.00. The summed E-state index contributed by atoms with van der Waals surface area (Å²) in [5.41, 5.74) is 3.76. The zero-order valence-electron chi connectivity index (χ0n) is 10.0. The lowest BCUT2D eigenvalue weighted by molar-refractivity contribution is 0.687. The molecule has 0 amide bonds. The van der Waals surface area contributed by atoms with E-state index < -0.39 is 0 Å². The highest BCUT2D eigenvalue weighted by atomic mass is 14.8. The van der Waals surface area contributed by atoms with Crippen LogP contribution in [0.2, 0.25) is 0 Å². The van der Waals surface area contributed by atoms with Crippen molar-refractivity contribution < 1.29 is 0 Å². The predicted octanol–water partition coefficient (Wildman–Crippen LogP) is 3.20. The molecule has 87 valence electrons. The van der Waals surface area contributed by atoms with Gasteiger partial charge in [0, 0.05) is 6.54 Å². The van der Waals surface area contributed by atoms with Crippen LogP contribution in [0.4, 0.5) is 0 Å². The molecule has 0 heterocycles. The third-order valence-electron chi connectivity index (χ3n) is 2.79. The van der Waals surface area contributed by atoms with Crippen molar-refractivity contribution in [3.8, 4) is 0 Å². The zero-order valence-corrected chi connectivity index (χ0v) is 10.0. The van der Waals surface area contributed by atoms with Crippen LogP contribution in [0.5, 0.6) is 0 Å². The Balaban J connectivity index is 1.71. The maximum absolute atomic E-state index is 3.88. The topological polar surface area (TPSA) is 12.0 Å². The molecule has 0 bridgehead atoms.